The van der Waals surface area contributed by atoms with E-state index in [2.05, 4.69) is 22.8 Å². The van der Waals surface area contributed by atoms with Crippen molar-refractivity contribution in [2.24, 2.45) is 0 Å². The van der Waals surface area contributed by atoms with Crippen molar-refractivity contribution in [3.63, 3.8) is 0 Å². The Hall–Kier alpha value is -2.62. The molecule has 4 nitrogen and oxygen atoms in total. The van der Waals surface area contributed by atoms with Gasteiger partial charge in [-0.15, -0.1) is 0 Å². The van der Waals surface area contributed by atoms with Crippen molar-refractivity contribution < 1.29 is 9.59 Å². The standard InChI is InChI=1S/C20H22N2O2/c1-13-5-3-7-15(11-13)19(16-8-4-6-14(2)12-16)22-20(24)17-9-10-18(23)21-17/h3-8,11-12,17,19H,9-10H2,1-2H3,(H,21,23)(H,22,24)/t17-/m1/s1. The van der Waals surface area contributed by atoms with Crippen LogP contribution in [0.4, 0.5) is 0 Å². The lowest BCUT2D eigenvalue weighted by Crippen LogP contribution is -2.43. The van der Waals surface area contributed by atoms with Crippen LogP contribution in [-0.2, 0) is 9.59 Å². The van der Waals surface area contributed by atoms with Crippen LogP contribution in [0.1, 0.15) is 41.1 Å². The molecule has 1 aliphatic rings. The van der Waals surface area contributed by atoms with Gasteiger partial charge >= 0.3 is 0 Å². The second kappa shape index (κ2) is 6.87. The first-order chi connectivity index (χ1) is 11.5. The number of rotatable bonds is 4. The lowest BCUT2D eigenvalue weighted by molar-refractivity contribution is -0.126. The minimum Gasteiger partial charge on any atom is -0.344 e. The van der Waals surface area contributed by atoms with Gasteiger partial charge in [-0.3, -0.25) is 9.59 Å². The van der Waals surface area contributed by atoms with Crippen molar-refractivity contribution in [1.29, 1.82) is 0 Å². The fraction of sp³-hybridized carbons (Fsp3) is 0.300. The normalized spacial score (nSPS) is 17.0. The van der Waals surface area contributed by atoms with E-state index in [1.54, 1.807) is 0 Å². The second-order valence-corrected chi connectivity index (χ2v) is 6.43. The molecule has 0 aliphatic carbocycles. The van der Waals surface area contributed by atoms with Crippen LogP contribution >= 0.6 is 0 Å². The highest BCUT2D eigenvalue weighted by Gasteiger charge is 2.29. The zero-order valence-electron chi connectivity index (χ0n) is 14.0. The lowest BCUT2D eigenvalue weighted by atomic mass is 9.95. The number of carbonyl (C=O) groups excluding carboxylic acids is 2. The second-order valence-electron chi connectivity index (χ2n) is 6.43. The summed E-state index contributed by atoms with van der Waals surface area (Å²) in [4.78, 5) is 24.0. The average molecular weight is 322 g/mol. The third-order valence-corrected chi connectivity index (χ3v) is 4.35. The van der Waals surface area contributed by atoms with Gasteiger partial charge in [0.2, 0.25) is 11.8 Å². The zero-order valence-corrected chi connectivity index (χ0v) is 14.0. The summed E-state index contributed by atoms with van der Waals surface area (Å²) in [5.74, 6) is -0.188. The van der Waals surface area contributed by atoms with Crippen LogP contribution in [0.2, 0.25) is 0 Å². The van der Waals surface area contributed by atoms with Crippen LogP contribution in [0.3, 0.4) is 0 Å². The Balaban J connectivity index is 1.90. The Morgan fingerprint density at radius 2 is 1.67 bits per heavy atom. The maximum atomic E-state index is 12.6. The summed E-state index contributed by atoms with van der Waals surface area (Å²) in [5.41, 5.74) is 4.37. The van der Waals surface area contributed by atoms with Gasteiger partial charge in [0.05, 0.1) is 6.04 Å². The molecule has 3 rings (SSSR count). The van der Waals surface area contributed by atoms with Gasteiger partial charge < -0.3 is 10.6 Å². The molecule has 2 aromatic rings. The monoisotopic (exact) mass is 322 g/mol. The molecule has 1 aliphatic heterocycles. The smallest absolute Gasteiger partial charge is 0.243 e. The molecule has 0 unspecified atom stereocenters. The summed E-state index contributed by atoms with van der Waals surface area (Å²) in [6, 6.07) is 15.6. The van der Waals surface area contributed by atoms with Crippen LogP contribution in [0, 0.1) is 13.8 Å². The largest absolute Gasteiger partial charge is 0.344 e. The van der Waals surface area contributed by atoms with E-state index in [-0.39, 0.29) is 17.9 Å². The van der Waals surface area contributed by atoms with E-state index in [0.717, 1.165) is 22.3 Å². The molecule has 0 aromatic heterocycles. The zero-order chi connectivity index (χ0) is 17.1. The number of benzene rings is 2. The number of hydrogen-bond acceptors (Lipinski definition) is 2. The molecule has 2 amide bonds. The van der Waals surface area contributed by atoms with Crippen LogP contribution in [0.5, 0.6) is 0 Å². The predicted molar refractivity (Wildman–Crippen MR) is 93.5 cm³/mol. The summed E-state index contributed by atoms with van der Waals surface area (Å²) in [5, 5.41) is 5.85. The van der Waals surface area contributed by atoms with E-state index in [1.165, 1.54) is 0 Å². The van der Waals surface area contributed by atoms with Crippen LogP contribution in [-0.4, -0.2) is 17.9 Å². The number of amides is 2. The minimum absolute atomic E-state index is 0.0576. The summed E-state index contributed by atoms with van der Waals surface area (Å²) < 4.78 is 0. The Morgan fingerprint density at radius 1 is 1.08 bits per heavy atom. The summed E-state index contributed by atoms with van der Waals surface area (Å²) >= 11 is 0. The van der Waals surface area contributed by atoms with E-state index < -0.39 is 6.04 Å². The first kappa shape index (κ1) is 16.2. The van der Waals surface area contributed by atoms with Crippen molar-refractivity contribution in [2.45, 2.75) is 38.8 Å². The molecule has 0 bridgehead atoms. The predicted octanol–water partition coefficient (Wildman–Crippen LogP) is 2.79. The van der Waals surface area contributed by atoms with E-state index >= 15 is 0 Å². The minimum atomic E-state index is -0.436. The first-order valence-corrected chi connectivity index (χ1v) is 8.26. The van der Waals surface area contributed by atoms with Crippen molar-refractivity contribution in [1.82, 2.24) is 10.6 Å². The van der Waals surface area contributed by atoms with Crippen molar-refractivity contribution in [2.75, 3.05) is 0 Å². The summed E-state index contributed by atoms with van der Waals surface area (Å²) in [6.07, 6.45) is 0.969. The SMILES string of the molecule is Cc1cccc(C(NC(=O)[C@H]2CCC(=O)N2)c2cccc(C)c2)c1. The van der Waals surface area contributed by atoms with Gasteiger partial charge in [0.15, 0.2) is 0 Å². The fourth-order valence-electron chi connectivity index (χ4n) is 3.11. The molecule has 0 spiro atoms. The highest BCUT2D eigenvalue weighted by atomic mass is 16.2. The third kappa shape index (κ3) is 3.65. The van der Waals surface area contributed by atoms with Gasteiger partial charge in [-0.1, -0.05) is 59.7 Å². The van der Waals surface area contributed by atoms with Crippen molar-refractivity contribution >= 4 is 11.8 Å². The lowest BCUT2D eigenvalue weighted by Gasteiger charge is -2.22. The molecular formula is C20H22N2O2. The van der Waals surface area contributed by atoms with Gasteiger partial charge in [0.25, 0.3) is 0 Å². The molecule has 2 N–H and O–H groups in total. The van der Waals surface area contributed by atoms with E-state index in [0.29, 0.717) is 12.8 Å². The topological polar surface area (TPSA) is 58.2 Å². The van der Waals surface area contributed by atoms with Crippen molar-refractivity contribution in [3.8, 4) is 0 Å². The van der Waals surface area contributed by atoms with Crippen molar-refractivity contribution in [3.05, 3.63) is 70.8 Å². The molecule has 1 fully saturated rings. The Morgan fingerprint density at radius 3 is 2.12 bits per heavy atom. The molecule has 2 aromatic carbocycles. The summed E-state index contributed by atoms with van der Waals surface area (Å²) in [7, 11) is 0. The highest BCUT2D eigenvalue weighted by molar-refractivity contribution is 5.91. The Labute approximate surface area is 142 Å². The third-order valence-electron chi connectivity index (χ3n) is 4.35. The number of nitrogens with one attached hydrogen (secondary N) is 2. The molecule has 0 saturated carbocycles. The van der Waals surface area contributed by atoms with Gasteiger partial charge in [0.1, 0.15) is 6.04 Å². The van der Waals surface area contributed by atoms with Crippen LogP contribution in [0.15, 0.2) is 48.5 Å². The average Bonchev–Trinajstić information content (AvgIpc) is 2.99. The molecule has 124 valence electrons. The maximum absolute atomic E-state index is 12.6. The first-order valence-electron chi connectivity index (χ1n) is 8.26. The Kier molecular flexibility index (Phi) is 4.65. The van der Waals surface area contributed by atoms with Gasteiger partial charge in [-0.25, -0.2) is 0 Å². The number of hydrogen-bond donors (Lipinski definition) is 2. The molecule has 1 saturated heterocycles. The Bertz CT molecular complexity index is 724. The molecule has 24 heavy (non-hydrogen) atoms. The van der Waals surface area contributed by atoms with Gasteiger partial charge in [-0.2, -0.15) is 0 Å². The summed E-state index contributed by atoms with van der Waals surface area (Å²) in [6.45, 7) is 4.08. The van der Waals surface area contributed by atoms with Crippen LogP contribution < -0.4 is 10.6 Å². The van der Waals surface area contributed by atoms with Gasteiger partial charge in [0, 0.05) is 6.42 Å². The van der Waals surface area contributed by atoms with E-state index in [1.807, 2.05) is 50.2 Å². The quantitative estimate of drug-likeness (QED) is 0.909. The highest BCUT2D eigenvalue weighted by Crippen LogP contribution is 2.24. The molecule has 4 heteroatoms. The maximum Gasteiger partial charge on any atom is 0.243 e. The number of carbonyl (C=O) groups is 2. The molecule has 0 radical (unpaired) electrons. The number of aryl methyl sites for hydroxylation is 2. The van der Waals surface area contributed by atoms with Gasteiger partial charge in [-0.05, 0) is 31.4 Å². The molecule has 1 atom stereocenters. The molecular weight excluding hydrogens is 300 g/mol. The fourth-order valence-corrected chi connectivity index (χ4v) is 3.11. The van der Waals surface area contributed by atoms with Crippen LogP contribution in [0.25, 0.3) is 0 Å². The van der Waals surface area contributed by atoms with E-state index in [4.69, 9.17) is 0 Å². The molecule has 1 heterocycles. The van der Waals surface area contributed by atoms with E-state index in [9.17, 15) is 9.59 Å².